The lowest BCUT2D eigenvalue weighted by atomic mass is 10.0. The molecule has 0 amide bonds. The van der Waals surface area contributed by atoms with Crippen molar-refractivity contribution in [2.45, 2.75) is 48.5 Å². The average Bonchev–Trinajstić information content (AvgIpc) is 2.64. The second-order valence-corrected chi connectivity index (χ2v) is 5.77. The number of pyridine rings is 1. The molecule has 0 aromatic carbocycles. The minimum absolute atomic E-state index is 0.500. The highest BCUT2D eigenvalue weighted by Crippen LogP contribution is 2.20. The average molecular weight is 260 g/mol. The molecule has 2 aromatic heterocycles. The van der Waals surface area contributed by atoms with Crippen LogP contribution in [-0.4, -0.2) is 9.97 Å². The first-order chi connectivity index (χ1) is 8.83. The Balaban J connectivity index is 0.000000396. The highest BCUT2D eigenvalue weighted by atomic mass is 14.8. The second-order valence-electron chi connectivity index (χ2n) is 5.77. The summed E-state index contributed by atoms with van der Waals surface area (Å²) in [4.78, 5) is 7.40. The maximum absolute atomic E-state index is 4.21. The van der Waals surface area contributed by atoms with E-state index in [2.05, 4.69) is 44.2 Å². The summed E-state index contributed by atoms with van der Waals surface area (Å²) in [5.41, 5.74) is 3.71. The van der Waals surface area contributed by atoms with E-state index >= 15 is 0 Å². The van der Waals surface area contributed by atoms with Gasteiger partial charge in [-0.15, -0.1) is 0 Å². The molecule has 0 saturated heterocycles. The maximum Gasteiger partial charge on any atom is 0.138 e. The molecular formula is C17H28N2. The molecule has 0 aliphatic carbocycles. The number of aromatic amines is 1. The van der Waals surface area contributed by atoms with Crippen molar-refractivity contribution in [3.8, 4) is 0 Å². The van der Waals surface area contributed by atoms with Gasteiger partial charge in [0.2, 0.25) is 0 Å². The molecule has 2 heterocycles. The predicted octanol–water partition coefficient (Wildman–Crippen LogP) is 5.59. The summed E-state index contributed by atoms with van der Waals surface area (Å²) in [7, 11) is 0. The van der Waals surface area contributed by atoms with Crippen molar-refractivity contribution in [1.29, 1.82) is 0 Å². The van der Waals surface area contributed by atoms with Crippen molar-refractivity contribution in [3.63, 3.8) is 0 Å². The van der Waals surface area contributed by atoms with Crippen LogP contribution in [0.25, 0.3) is 17.1 Å². The van der Waals surface area contributed by atoms with Crippen LogP contribution in [-0.2, 0) is 0 Å². The normalized spacial score (nSPS) is 10.1. The number of nitrogens with one attached hydrogen (secondary N) is 1. The highest BCUT2D eigenvalue weighted by molar-refractivity contribution is 5.87. The van der Waals surface area contributed by atoms with Crippen LogP contribution in [0, 0.1) is 12.3 Å². The van der Waals surface area contributed by atoms with Gasteiger partial charge in [0.05, 0.1) is 0 Å². The van der Waals surface area contributed by atoms with Crippen LogP contribution >= 0.6 is 0 Å². The molecule has 0 radical (unpaired) electrons. The molecule has 2 heteroatoms. The van der Waals surface area contributed by atoms with E-state index in [4.69, 9.17) is 0 Å². The van der Waals surface area contributed by atoms with Crippen LogP contribution in [0.2, 0.25) is 0 Å². The SMILES string of the molecule is C=Cc1c(C)[nH]c2ncccc12.CC.CC(C)(C)C. The van der Waals surface area contributed by atoms with Gasteiger partial charge in [-0.2, -0.15) is 0 Å². The molecule has 0 fully saturated rings. The minimum atomic E-state index is 0.500. The number of H-pyrrole nitrogens is 1. The summed E-state index contributed by atoms with van der Waals surface area (Å²) in [5, 5.41) is 1.14. The Morgan fingerprint density at radius 2 is 1.74 bits per heavy atom. The fourth-order valence-electron chi connectivity index (χ4n) is 1.43. The van der Waals surface area contributed by atoms with Crippen LogP contribution < -0.4 is 0 Å². The quantitative estimate of drug-likeness (QED) is 0.711. The van der Waals surface area contributed by atoms with E-state index in [1.807, 2.05) is 39.0 Å². The van der Waals surface area contributed by atoms with Crippen molar-refractivity contribution >= 4 is 17.1 Å². The Labute approximate surface area is 118 Å². The summed E-state index contributed by atoms with van der Waals surface area (Å²) in [6, 6.07) is 3.98. The van der Waals surface area contributed by atoms with E-state index in [-0.39, 0.29) is 0 Å². The van der Waals surface area contributed by atoms with Crippen molar-refractivity contribution in [2.75, 3.05) is 0 Å². The number of aromatic nitrogens is 2. The zero-order valence-corrected chi connectivity index (χ0v) is 13.5. The molecule has 2 aromatic rings. The van der Waals surface area contributed by atoms with Crippen molar-refractivity contribution in [2.24, 2.45) is 5.41 Å². The molecule has 0 aliphatic heterocycles. The van der Waals surface area contributed by atoms with Gasteiger partial charge in [0.15, 0.2) is 0 Å². The van der Waals surface area contributed by atoms with E-state index < -0.39 is 0 Å². The Hall–Kier alpha value is -1.57. The Morgan fingerprint density at radius 3 is 2.21 bits per heavy atom. The van der Waals surface area contributed by atoms with E-state index in [1.165, 1.54) is 0 Å². The van der Waals surface area contributed by atoms with Gasteiger partial charge in [0, 0.05) is 22.8 Å². The van der Waals surface area contributed by atoms with Crippen LogP contribution in [0.4, 0.5) is 0 Å². The number of hydrogen-bond donors (Lipinski definition) is 1. The monoisotopic (exact) mass is 260 g/mol. The lowest BCUT2D eigenvalue weighted by molar-refractivity contribution is 0.469. The standard InChI is InChI=1S/C10H10N2.C5H12.C2H6/c1-3-8-7(2)12-10-9(8)5-4-6-11-10;1-5(2,3)4;1-2/h3-6H,1H2,2H3,(H,11,12);1-4H3;1-2H3. The summed E-state index contributed by atoms with van der Waals surface area (Å²) in [5.74, 6) is 0. The molecule has 19 heavy (non-hydrogen) atoms. The number of hydrogen-bond acceptors (Lipinski definition) is 1. The third-order valence-corrected chi connectivity index (χ3v) is 2.01. The predicted molar refractivity (Wildman–Crippen MR) is 87.4 cm³/mol. The van der Waals surface area contributed by atoms with Crippen molar-refractivity contribution in [3.05, 3.63) is 36.2 Å². The van der Waals surface area contributed by atoms with Gasteiger partial charge in [-0.1, -0.05) is 54.2 Å². The van der Waals surface area contributed by atoms with Gasteiger partial charge >= 0.3 is 0 Å². The van der Waals surface area contributed by atoms with Gasteiger partial charge in [0.25, 0.3) is 0 Å². The first-order valence-corrected chi connectivity index (χ1v) is 6.88. The molecule has 1 N–H and O–H groups in total. The molecule has 0 atom stereocenters. The zero-order valence-electron chi connectivity index (χ0n) is 13.5. The van der Waals surface area contributed by atoms with E-state index in [0.717, 1.165) is 22.3 Å². The fraction of sp³-hybridized carbons (Fsp3) is 0.471. The molecule has 2 rings (SSSR count). The number of aryl methyl sites for hydroxylation is 1. The van der Waals surface area contributed by atoms with Crippen molar-refractivity contribution in [1.82, 2.24) is 9.97 Å². The zero-order chi connectivity index (χ0) is 15.1. The Bertz CT molecular complexity index is 495. The summed E-state index contributed by atoms with van der Waals surface area (Å²) in [6.07, 6.45) is 3.64. The van der Waals surface area contributed by atoms with Crippen LogP contribution in [0.3, 0.4) is 0 Å². The molecule has 0 aliphatic rings. The summed E-state index contributed by atoms with van der Waals surface area (Å²) in [6.45, 7) is 18.5. The largest absolute Gasteiger partial charge is 0.343 e. The minimum Gasteiger partial charge on any atom is -0.343 e. The molecular weight excluding hydrogens is 232 g/mol. The van der Waals surface area contributed by atoms with Gasteiger partial charge in [-0.3, -0.25) is 0 Å². The van der Waals surface area contributed by atoms with Gasteiger partial charge in [-0.25, -0.2) is 4.98 Å². The van der Waals surface area contributed by atoms with Crippen molar-refractivity contribution < 1.29 is 0 Å². The van der Waals surface area contributed by atoms with Crippen LogP contribution in [0.1, 0.15) is 52.8 Å². The molecule has 2 nitrogen and oxygen atoms in total. The van der Waals surface area contributed by atoms with Gasteiger partial charge in [-0.05, 0) is 24.5 Å². The van der Waals surface area contributed by atoms with Gasteiger partial charge in [0.1, 0.15) is 5.65 Å². The molecule has 0 spiro atoms. The van der Waals surface area contributed by atoms with E-state index in [9.17, 15) is 0 Å². The Morgan fingerprint density at radius 1 is 1.21 bits per heavy atom. The smallest absolute Gasteiger partial charge is 0.138 e. The second kappa shape index (κ2) is 7.78. The van der Waals surface area contributed by atoms with E-state index in [1.54, 1.807) is 6.20 Å². The summed E-state index contributed by atoms with van der Waals surface area (Å²) < 4.78 is 0. The molecule has 0 saturated carbocycles. The van der Waals surface area contributed by atoms with Gasteiger partial charge < -0.3 is 4.98 Å². The first kappa shape index (κ1) is 17.4. The first-order valence-electron chi connectivity index (χ1n) is 6.88. The topological polar surface area (TPSA) is 28.7 Å². The Kier molecular flexibility index (Phi) is 7.13. The number of nitrogens with zero attached hydrogens (tertiary/aromatic N) is 1. The molecule has 0 bridgehead atoms. The summed E-state index contributed by atoms with van der Waals surface area (Å²) >= 11 is 0. The van der Waals surface area contributed by atoms with E-state index in [0.29, 0.717) is 5.41 Å². The van der Waals surface area contributed by atoms with Crippen LogP contribution in [0.15, 0.2) is 24.9 Å². The number of rotatable bonds is 1. The fourth-order valence-corrected chi connectivity index (χ4v) is 1.43. The third-order valence-electron chi connectivity index (χ3n) is 2.01. The highest BCUT2D eigenvalue weighted by Gasteiger charge is 2.03. The molecule has 106 valence electrons. The maximum atomic E-state index is 4.21. The molecule has 0 unspecified atom stereocenters. The van der Waals surface area contributed by atoms with Crippen LogP contribution in [0.5, 0.6) is 0 Å². The third kappa shape index (κ3) is 6.23. The lowest BCUT2D eigenvalue weighted by Gasteiger charge is -2.05. The number of fused-ring (bicyclic) bond motifs is 1. The lowest BCUT2D eigenvalue weighted by Crippen LogP contribution is -1.93.